The van der Waals surface area contributed by atoms with E-state index in [9.17, 15) is 9.18 Å². The van der Waals surface area contributed by atoms with Crippen LogP contribution in [0.15, 0.2) is 42.5 Å². The van der Waals surface area contributed by atoms with Crippen molar-refractivity contribution in [1.82, 2.24) is 0 Å². The van der Waals surface area contributed by atoms with Crippen molar-refractivity contribution in [1.29, 1.82) is 0 Å². The standard InChI is InChI=1S/C15H15FN2O/c1-10-4-3-5-13(16)14(10)18-15(19)11-6-8-12(17-2)9-7-11/h3-9,17H,1-2H3,(H,18,19). The number of aryl methyl sites for hydroxylation is 1. The summed E-state index contributed by atoms with van der Waals surface area (Å²) in [5.41, 5.74) is 2.32. The van der Waals surface area contributed by atoms with Gasteiger partial charge in [0.25, 0.3) is 5.91 Å². The summed E-state index contributed by atoms with van der Waals surface area (Å²) in [6.07, 6.45) is 0. The van der Waals surface area contributed by atoms with Gasteiger partial charge in [-0.05, 0) is 42.8 Å². The molecule has 2 aromatic rings. The molecule has 2 aromatic carbocycles. The highest BCUT2D eigenvalue weighted by Gasteiger charge is 2.11. The van der Waals surface area contributed by atoms with Crippen LogP contribution in [-0.4, -0.2) is 13.0 Å². The number of amides is 1. The third-order valence-corrected chi connectivity index (χ3v) is 2.90. The summed E-state index contributed by atoms with van der Waals surface area (Å²) < 4.78 is 13.6. The van der Waals surface area contributed by atoms with Crippen LogP contribution in [0, 0.1) is 12.7 Å². The van der Waals surface area contributed by atoms with Crippen LogP contribution in [0.2, 0.25) is 0 Å². The first kappa shape index (κ1) is 13.1. The fourth-order valence-electron chi connectivity index (χ4n) is 1.76. The number of carbonyl (C=O) groups is 1. The smallest absolute Gasteiger partial charge is 0.255 e. The highest BCUT2D eigenvalue weighted by molar-refractivity contribution is 6.04. The van der Waals surface area contributed by atoms with E-state index >= 15 is 0 Å². The lowest BCUT2D eigenvalue weighted by atomic mass is 10.1. The Labute approximate surface area is 111 Å². The summed E-state index contributed by atoms with van der Waals surface area (Å²) in [7, 11) is 1.80. The van der Waals surface area contributed by atoms with E-state index in [1.165, 1.54) is 6.07 Å². The average Bonchev–Trinajstić information content (AvgIpc) is 2.43. The largest absolute Gasteiger partial charge is 0.388 e. The third kappa shape index (κ3) is 2.91. The van der Waals surface area contributed by atoms with Crippen LogP contribution in [0.4, 0.5) is 15.8 Å². The Morgan fingerprint density at radius 3 is 2.37 bits per heavy atom. The molecule has 0 spiro atoms. The Morgan fingerprint density at radius 1 is 1.11 bits per heavy atom. The van der Waals surface area contributed by atoms with Gasteiger partial charge in [-0.3, -0.25) is 4.79 Å². The molecule has 19 heavy (non-hydrogen) atoms. The number of hydrogen-bond donors (Lipinski definition) is 2. The molecule has 0 saturated heterocycles. The van der Waals surface area contributed by atoms with Gasteiger partial charge in [-0.25, -0.2) is 4.39 Å². The van der Waals surface area contributed by atoms with Gasteiger partial charge in [0.15, 0.2) is 0 Å². The maximum absolute atomic E-state index is 13.6. The number of halogens is 1. The van der Waals surface area contributed by atoms with Crippen LogP contribution in [0.3, 0.4) is 0 Å². The van der Waals surface area contributed by atoms with Crippen molar-refractivity contribution in [2.24, 2.45) is 0 Å². The van der Waals surface area contributed by atoms with Crippen molar-refractivity contribution in [2.45, 2.75) is 6.92 Å². The maximum atomic E-state index is 13.6. The summed E-state index contributed by atoms with van der Waals surface area (Å²) in [4.78, 5) is 12.0. The van der Waals surface area contributed by atoms with E-state index in [2.05, 4.69) is 10.6 Å². The summed E-state index contributed by atoms with van der Waals surface area (Å²) >= 11 is 0. The molecule has 2 N–H and O–H groups in total. The molecule has 0 bridgehead atoms. The first-order valence-electron chi connectivity index (χ1n) is 5.96. The van der Waals surface area contributed by atoms with Crippen molar-refractivity contribution in [3.63, 3.8) is 0 Å². The van der Waals surface area contributed by atoms with Gasteiger partial charge < -0.3 is 10.6 Å². The molecule has 0 fully saturated rings. The van der Waals surface area contributed by atoms with E-state index in [1.807, 2.05) is 0 Å². The quantitative estimate of drug-likeness (QED) is 0.885. The fraction of sp³-hybridized carbons (Fsp3) is 0.133. The molecule has 0 aliphatic carbocycles. The molecular formula is C15H15FN2O. The normalized spacial score (nSPS) is 10.1. The van der Waals surface area contributed by atoms with Crippen LogP contribution in [0.5, 0.6) is 0 Å². The molecule has 4 heteroatoms. The Morgan fingerprint density at radius 2 is 1.79 bits per heavy atom. The maximum Gasteiger partial charge on any atom is 0.255 e. The average molecular weight is 258 g/mol. The van der Waals surface area contributed by atoms with Gasteiger partial charge in [0.05, 0.1) is 5.69 Å². The Bertz CT molecular complexity index is 573. The molecular weight excluding hydrogens is 243 g/mol. The van der Waals surface area contributed by atoms with Crippen LogP contribution in [-0.2, 0) is 0 Å². The number of anilines is 2. The van der Waals surface area contributed by atoms with Gasteiger partial charge in [0, 0.05) is 18.3 Å². The lowest BCUT2D eigenvalue weighted by molar-refractivity contribution is 0.102. The molecule has 2 rings (SSSR count). The van der Waals surface area contributed by atoms with Gasteiger partial charge in [0.1, 0.15) is 5.82 Å². The molecule has 0 heterocycles. The highest BCUT2D eigenvalue weighted by atomic mass is 19.1. The van der Waals surface area contributed by atoms with Crippen molar-refractivity contribution in [2.75, 3.05) is 17.7 Å². The number of nitrogens with one attached hydrogen (secondary N) is 2. The zero-order chi connectivity index (χ0) is 13.8. The second-order valence-electron chi connectivity index (χ2n) is 4.21. The first-order chi connectivity index (χ1) is 9.11. The zero-order valence-electron chi connectivity index (χ0n) is 10.8. The van der Waals surface area contributed by atoms with E-state index in [0.717, 1.165) is 5.69 Å². The van der Waals surface area contributed by atoms with E-state index in [-0.39, 0.29) is 11.6 Å². The lowest BCUT2D eigenvalue weighted by Crippen LogP contribution is -2.14. The van der Waals surface area contributed by atoms with Crippen LogP contribution in [0.1, 0.15) is 15.9 Å². The van der Waals surface area contributed by atoms with Crippen LogP contribution >= 0.6 is 0 Å². The van der Waals surface area contributed by atoms with Crippen molar-refractivity contribution >= 4 is 17.3 Å². The predicted molar refractivity (Wildman–Crippen MR) is 75.1 cm³/mol. The van der Waals surface area contributed by atoms with E-state index in [0.29, 0.717) is 11.1 Å². The summed E-state index contributed by atoms with van der Waals surface area (Å²) in [6, 6.07) is 11.7. The monoisotopic (exact) mass is 258 g/mol. The molecule has 0 atom stereocenters. The molecule has 0 aliphatic heterocycles. The Hall–Kier alpha value is -2.36. The van der Waals surface area contributed by atoms with Crippen molar-refractivity contribution in [3.05, 3.63) is 59.4 Å². The molecule has 1 amide bonds. The van der Waals surface area contributed by atoms with Gasteiger partial charge >= 0.3 is 0 Å². The molecule has 0 unspecified atom stereocenters. The highest BCUT2D eigenvalue weighted by Crippen LogP contribution is 2.20. The zero-order valence-corrected chi connectivity index (χ0v) is 10.8. The predicted octanol–water partition coefficient (Wildman–Crippen LogP) is 3.43. The van der Waals surface area contributed by atoms with Crippen molar-refractivity contribution < 1.29 is 9.18 Å². The van der Waals surface area contributed by atoms with Crippen molar-refractivity contribution in [3.8, 4) is 0 Å². The number of rotatable bonds is 3. The van der Waals surface area contributed by atoms with Crippen LogP contribution in [0.25, 0.3) is 0 Å². The summed E-state index contributed by atoms with van der Waals surface area (Å²) in [5, 5.41) is 5.57. The number of carbonyl (C=O) groups excluding carboxylic acids is 1. The SMILES string of the molecule is CNc1ccc(C(=O)Nc2c(C)cccc2F)cc1. The molecule has 0 aliphatic rings. The molecule has 0 saturated carbocycles. The van der Waals surface area contributed by atoms with Gasteiger partial charge in [-0.2, -0.15) is 0 Å². The van der Waals surface area contributed by atoms with E-state index in [1.54, 1.807) is 50.4 Å². The van der Waals surface area contributed by atoms with Gasteiger partial charge in [-0.15, -0.1) is 0 Å². The molecule has 3 nitrogen and oxygen atoms in total. The fourth-order valence-corrected chi connectivity index (χ4v) is 1.76. The minimum absolute atomic E-state index is 0.227. The third-order valence-electron chi connectivity index (χ3n) is 2.90. The van der Waals surface area contributed by atoms with E-state index < -0.39 is 5.82 Å². The van der Waals surface area contributed by atoms with Gasteiger partial charge in [-0.1, -0.05) is 12.1 Å². The summed E-state index contributed by atoms with van der Waals surface area (Å²) in [6.45, 7) is 1.75. The van der Waals surface area contributed by atoms with Gasteiger partial charge in [0.2, 0.25) is 0 Å². The minimum atomic E-state index is -0.430. The first-order valence-corrected chi connectivity index (χ1v) is 5.96. The molecule has 0 aromatic heterocycles. The molecule has 98 valence electrons. The minimum Gasteiger partial charge on any atom is -0.388 e. The number of para-hydroxylation sites is 1. The van der Waals surface area contributed by atoms with E-state index in [4.69, 9.17) is 0 Å². The van der Waals surface area contributed by atoms with Crippen LogP contribution < -0.4 is 10.6 Å². The second kappa shape index (κ2) is 5.52. The summed E-state index contributed by atoms with van der Waals surface area (Å²) in [5.74, 6) is -0.754. The number of benzene rings is 2. The second-order valence-corrected chi connectivity index (χ2v) is 4.21. The molecule has 0 radical (unpaired) electrons. The topological polar surface area (TPSA) is 41.1 Å². The Balaban J connectivity index is 2.20. The lowest BCUT2D eigenvalue weighted by Gasteiger charge is -2.09. The number of hydrogen-bond acceptors (Lipinski definition) is 2. The Kier molecular flexibility index (Phi) is 3.80.